The molecule has 6 nitrogen and oxygen atoms in total. The molecular formula is C19H19BrN4O2. The Bertz CT molecular complexity index is 842. The topological polar surface area (TPSA) is 78.2 Å². The number of nitrogens with zero attached hydrogens (tertiary/aromatic N) is 3. The van der Waals surface area contributed by atoms with Gasteiger partial charge in [-0.05, 0) is 52.7 Å². The molecule has 1 saturated heterocycles. The highest BCUT2D eigenvalue weighted by Crippen LogP contribution is 2.26. The molecule has 7 heteroatoms. The number of hydrogen-bond donors (Lipinski definition) is 1. The van der Waals surface area contributed by atoms with E-state index in [9.17, 15) is 4.79 Å². The van der Waals surface area contributed by atoms with Crippen molar-refractivity contribution < 1.29 is 9.53 Å². The Kier molecular flexibility index (Phi) is 5.43. The Morgan fingerprint density at radius 1 is 1.35 bits per heavy atom. The van der Waals surface area contributed by atoms with Gasteiger partial charge in [0.1, 0.15) is 23.7 Å². The highest BCUT2D eigenvalue weighted by molar-refractivity contribution is 9.10. The van der Waals surface area contributed by atoms with Crippen molar-refractivity contribution in [3.63, 3.8) is 0 Å². The van der Waals surface area contributed by atoms with Crippen molar-refractivity contribution in [3.05, 3.63) is 52.1 Å². The molecular weight excluding hydrogens is 396 g/mol. The summed E-state index contributed by atoms with van der Waals surface area (Å²) in [4.78, 5) is 17.5. The van der Waals surface area contributed by atoms with Crippen LogP contribution in [0.1, 0.15) is 31.1 Å². The van der Waals surface area contributed by atoms with E-state index in [0.29, 0.717) is 10.2 Å². The van der Waals surface area contributed by atoms with Gasteiger partial charge < -0.3 is 15.0 Å². The second kappa shape index (κ2) is 7.75. The molecule has 0 spiro atoms. The van der Waals surface area contributed by atoms with E-state index < -0.39 is 0 Å². The lowest BCUT2D eigenvalue weighted by Gasteiger charge is -2.39. The standard InChI is InChI=1S/C19H19BrN4O2/c1-12(22-13(2)25)14-3-5-15(6-4-14)26-16-10-24(11-16)19-8-7-17(20)18(9-21)23-19/h3-8,12,16H,10-11H2,1-2H3,(H,22,25). The summed E-state index contributed by atoms with van der Waals surface area (Å²) in [5.74, 6) is 1.53. The fourth-order valence-corrected chi connectivity index (χ4v) is 3.11. The molecule has 1 aromatic carbocycles. The largest absolute Gasteiger partial charge is 0.487 e. The number of benzene rings is 1. The fourth-order valence-electron chi connectivity index (χ4n) is 2.80. The number of halogens is 1. The third-order valence-electron chi connectivity index (χ3n) is 4.21. The Balaban J connectivity index is 1.54. The van der Waals surface area contributed by atoms with Gasteiger partial charge in [0.2, 0.25) is 5.91 Å². The molecule has 3 rings (SSSR count). The average molecular weight is 415 g/mol. The van der Waals surface area contributed by atoms with Crippen LogP contribution in [0.5, 0.6) is 5.75 Å². The van der Waals surface area contributed by atoms with E-state index in [0.717, 1.165) is 30.2 Å². The third-order valence-corrected chi connectivity index (χ3v) is 4.85. The average Bonchev–Trinajstić information content (AvgIpc) is 2.58. The number of anilines is 1. The first-order valence-electron chi connectivity index (χ1n) is 8.31. The van der Waals surface area contributed by atoms with Gasteiger partial charge >= 0.3 is 0 Å². The zero-order valence-corrected chi connectivity index (χ0v) is 16.2. The second-order valence-corrected chi connectivity index (χ2v) is 7.10. The Morgan fingerprint density at radius 3 is 2.65 bits per heavy atom. The lowest BCUT2D eigenvalue weighted by atomic mass is 10.1. The van der Waals surface area contributed by atoms with Crippen LogP contribution in [0, 0.1) is 11.3 Å². The van der Waals surface area contributed by atoms with E-state index >= 15 is 0 Å². The van der Waals surface area contributed by atoms with Crippen LogP contribution in [0.2, 0.25) is 0 Å². The van der Waals surface area contributed by atoms with Gasteiger partial charge in [-0.1, -0.05) is 12.1 Å². The summed E-state index contributed by atoms with van der Waals surface area (Å²) in [6.07, 6.45) is 0.0876. The summed E-state index contributed by atoms with van der Waals surface area (Å²) < 4.78 is 6.67. The zero-order chi connectivity index (χ0) is 18.7. The quantitative estimate of drug-likeness (QED) is 0.812. The maximum atomic E-state index is 11.1. The van der Waals surface area contributed by atoms with Crippen molar-refractivity contribution in [1.82, 2.24) is 10.3 Å². The van der Waals surface area contributed by atoms with Crippen LogP contribution in [-0.4, -0.2) is 30.1 Å². The molecule has 1 aliphatic heterocycles. The van der Waals surface area contributed by atoms with Crippen LogP contribution in [0.4, 0.5) is 5.82 Å². The number of amides is 1. The third kappa shape index (κ3) is 4.14. The predicted octanol–water partition coefficient (Wildman–Crippen LogP) is 3.18. The van der Waals surface area contributed by atoms with Gasteiger partial charge in [0, 0.05) is 6.92 Å². The van der Waals surface area contributed by atoms with Crippen LogP contribution >= 0.6 is 15.9 Å². The van der Waals surface area contributed by atoms with Crippen molar-refractivity contribution in [3.8, 4) is 11.8 Å². The summed E-state index contributed by atoms with van der Waals surface area (Å²) >= 11 is 3.31. The molecule has 26 heavy (non-hydrogen) atoms. The van der Waals surface area contributed by atoms with Crippen molar-refractivity contribution in [2.75, 3.05) is 18.0 Å². The molecule has 0 aliphatic carbocycles. The van der Waals surface area contributed by atoms with E-state index in [1.54, 1.807) is 0 Å². The molecule has 0 radical (unpaired) electrons. The molecule has 0 saturated carbocycles. The van der Waals surface area contributed by atoms with Gasteiger partial charge in [-0.25, -0.2) is 4.98 Å². The number of nitriles is 1. The first kappa shape index (κ1) is 18.2. The van der Waals surface area contributed by atoms with Crippen molar-refractivity contribution in [1.29, 1.82) is 5.26 Å². The molecule has 1 amide bonds. The number of carbonyl (C=O) groups is 1. The van der Waals surface area contributed by atoms with Crippen molar-refractivity contribution in [2.45, 2.75) is 26.0 Å². The van der Waals surface area contributed by atoms with E-state index in [1.807, 2.05) is 43.3 Å². The van der Waals surface area contributed by atoms with E-state index in [4.69, 9.17) is 10.00 Å². The first-order valence-corrected chi connectivity index (χ1v) is 9.11. The predicted molar refractivity (Wildman–Crippen MR) is 102 cm³/mol. The van der Waals surface area contributed by atoms with Crippen LogP contribution in [-0.2, 0) is 4.79 Å². The van der Waals surface area contributed by atoms with E-state index in [-0.39, 0.29) is 18.1 Å². The number of carbonyl (C=O) groups excluding carboxylic acids is 1. The summed E-state index contributed by atoms with van der Waals surface area (Å²) in [5.41, 5.74) is 1.42. The smallest absolute Gasteiger partial charge is 0.217 e. The van der Waals surface area contributed by atoms with Gasteiger partial charge in [-0.3, -0.25) is 4.79 Å². The van der Waals surface area contributed by atoms with Gasteiger partial charge in [0.25, 0.3) is 0 Å². The molecule has 1 fully saturated rings. The Hall–Kier alpha value is -2.59. The fraction of sp³-hybridized carbons (Fsp3) is 0.316. The van der Waals surface area contributed by atoms with Gasteiger partial charge in [0.15, 0.2) is 5.69 Å². The molecule has 1 unspecified atom stereocenters. The maximum absolute atomic E-state index is 11.1. The van der Waals surface area contributed by atoms with Gasteiger partial charge in [0.05, 0.1) is 23.6 Å². The van der Waals surface area contributed by atoms with E-state index in [1.165, 1.54) is 6.92 Å². The second-order valence-electron chi connectivity index (χ2n) is 6.25. The minimum atomic E-state index is -0.0477. The first-order chi connectivity index (χ1) is 12.5. The minimum absolute atomic E-state index is 0.0291. The SMILES string of the molecule is CC(=O)NC(C)c1ccc(OC2CN(c3ccc(Br)c(C#N)n3)C2)cc1. The van der Waals surface area contributed by atoms with Crippen molar-refractivity contribution >= 4 is 27.7 Å². The highest BCUT2D eigenvalue weighted by Gasteiger charge is 2.30. The lowest BCUT2D eigenvalue weighted by Crippen LogP contribution is -2.54. The van der Waals surface area contributed by atoms with E-state index in [2.05, 4.69) is 37.2 Å². The minimum Gasteiger partial charge on any atom is -0.487 e. The van der Waals surface area contributed by atoms with Crippen LogP contribution in [0.25, 0.3) is 0 Å². The number of nitrogens with one attached hydrogen (secondary N) is 1. The monoisotopic (exact) mass is 414 g/mol. The Labute approximate surface area is 160 Å². The summed E-state index contributed by atoms with van der Waals surface area (Å²) in [6, 6.07) is 13.5. The number of aromatic nitrogens is 1. The normalized spacial score (nSPS) is 14.9. The molecule has 1 atom stereocenters. The molecule has 1 N–H and O–H groups in total. The molecule has 1 aliphatic rings. The number of ether oxygens (including phenoxy) is 1. The van der Waals surface area contributed by atoms with Crippen molar-refractivity contribution in [2.24, 2.45) is 0 Å². The zero-order valence-electron chi connectivity index (χ0n) is 14.6. The highest BCUT2D eigenvalue weighted by atomic mass is 79.9. The summed E-state index contributed by atoms with van der Waals surface area (Å²) in [7, 11) is 0. The molecule has 1 aromatic heterocycles. The summed E-state index contributed by atoms with van der Waals surface area (Å²) in [6.45, 7) is 4.91. The number of rotatable bonds is 5. The number of hydrogen-bond acceptors (Lipinski definition) is 5. The number of pyridine rings is 1. The Morgan fingerprint density at radius 2 is 2.04 bits per heavy atom. The molecule has 2 heterocycles. The lowest BCUT2D eigenvalue weighted by molar-refractivity contribution is -0.119. The van der Waals surface area contributed by atoms with Gasteiger partial charge in [-0.2, -0.15) is 5.26 Å². The summed E-state index contributed by atoms with van der Waals surface area (Å²) in [5, 5.41) is 11.9. The molecule has 2 aromatic rings. The maximum Gasteiger partial charge on any atom is 0.217 e. The molecule has 0 bridgehead atoms. The van der Waals surface area contributed by atoms with Crippen LogP contribution in [0.15, 0.2) is 40.9 Å². The van der Waals surface area contributed by atoms with Crippen LogP contribution in [0.3, 0.4) is 0 Å². The molecule has 134 valence electrons. The van der Waals surface area contributed by atoms with Gasteiger partial charge in [-0.15, -0.1) is 0 Å². The van der Waals surface area contributed by atoms with Crippen LogP contribution < -0.4 is 15.0 Å².